The van der Waals surface area contributed by atoms with Crippen LogP contribution in [0.15, 0.2) is 97.1 Å². The van der Waals surface area contributed by atoms with Gasteiger partial charge in [-0.2, -0.15) is 0 Å². The molecule has 0 saturated carbocycles. The summed E-state index contributed by atoms with van der Waals surface area (Å²) in [6, 6.07) is 29.9. The maximum Gasteiger partial charge on any atom is 0.328 e. The number of fused-ring (bicyclic) bond motifs is 1. The molecular formula is C28H25NO4. The van der Waals surface area contributed by atoms with E-state index in [1.54, 1.807) is 6.07 Å². The molecule has 0 aromatic heterocycles. The lowest BCUT2D eigenvalue weighted by Crippen LogP contribution is -2.43. The fourth-order valence-corrected chi connectivity index (χ4v) is 3.65. The van der Waals surface area contributed by atoms with Gasteiger partial charge >= 0.3 is 5.97 Å². The maximum absolute atomic E-state index is 12.9. The molecule has 4 rings (SSSR count). The van der Waals surface area contributed by atoms with Gasteiger partial charge in [-0.3, -0.25) is 4.79 Å². The van der Waals surface area contributed by atoms with Gasteiger partial charge in [0.15, 0.2) is 0 Å². The first-order valence-electron chi connectivity index (χ1n) is 10.8. The molecule has 0 aliphatic carbocycles. The zero-order valence-electron chi connectivity index (χ0n) is 18.4. The van der Waals surface area contributed by atoms with E-state index in [0.717, 1.165) is 21.9 Å². The van der Waals surface area contributed by atoms with Gasteiger partial charge in [0, 0.05) is 12.0 Å². The minimum atomic E-state index is -0.821. The lowest BCUT2D eigenvalue weighted by molar-refractivity contribution is -0.142. The van der Waals surface area contributed by atoms with Gasteiger partial charge in [-0.1, -0.05) is 72.8 Å². The van der Waals surface area contributed by atoms with Gasteiger partial charge < -0.3 is 14.8 Å². The minimum absolute atomic E-state index is 0.286. The molecule has 5 nitrogen and oxygen atoms in total. The summed E-state index contributed by atoms with van der Waals surface area (Å²) in [5.74, 6) is -0.131. The molecule has 1 atom stereocenters. The molecule has 0 aliphatic heterocycles. The smallest absolute Gasteiger partial charge is 0.328 e. The van der Waals surface area contributed by atoms with Crippen LogP contribution in [0, 0.1) is 0 Å². The van der Waals surface area contributed by atoms with Crippen molar-refractivity contribution in [1.29, 1.82) is 0 Å². The molecule has 0 radical (unpaired) electrons. The zero-order chi connectivity index (χ0) is 23.0. The van der Waals surface area contributed by atoms with Crippen LogP contribution in [-0.2, 0) is 22.6 Å². The third kappa shape index (κ3) is 5.77. The predicted molar refractivity (Wildman–Crippen MR) is 128 cm³/mol. The van der Waals surface area contributed by atoms with E-state index in [1.165, 1.54) is 7.11 Å². The molecule has 1 N–H and O–H groups in total. The van der Waals surface area contributed by atoms with Crippen molar-refractivity contribution in [3.05, 3.63) is 114 Å². The second-order valence-electron chi connectivity index (χ2n) is 7.74. The van der Waals surface area contributed by atoms with Crippen LogP contribution in [0.5, 0.6) is 5.75 Å². The normalized spacial score (nSPS) is 11.5. The van der Waals surface area contributed by atoms with Crippen molar-refractivity contribution in [2.75, 3.05) is 7.11 Å². The molecule has 0 aliphatic rings. The molecule has 0 bridgehead atoms. The number of ether oxygens (including phenoxy) is 2. The third-order valence-electron chi connectivity index (χ3n) is 5.39. The topological polar surface area (TPSA) is 64.6 Å². The van der Waals surface area contributed by atoms with Crippen LogP contribution in [0.25, 0.3) is 10.8 Å². The summed E-state index contributed by atoms with van der Waals surface area (Å²) in [7, 11) is 1.32. The van der Waals surface area contributed by atoms with Crippen molar-refractivity contribution in [3.8, 4) is 5.75 Å². The lowest BCUT2D eigenvalue weighted by Gasteiger charge is -2.17. The van der Waals surface area contributed by atoms with E-state index < -0.39 is 12.0 Å². The van der Waals surface area contributed by atoms with Crippen LogP contribution < -0.4 is 10.1 Å². The summed E-state index contributed by atoms with van der Waals surface area (Å²) >= 11 is 0. The maximum atomic E-state index is 12.9. The van der Waals surface area contributed by atoms with Gasteiger partial charge in [0.2, 0.25) is 0 Å². The van der Waals surface area contributed by atoms with Crippen LogP contribution in [-0.4, -0.2) is 25.0 Å². The Morgan fingerprint density at radius 1 is 0.788 bits per heavy atom. The van der Waals surface area contributed by atoms with Crippen LogP contribution in [0.2, 0.25) is 0 Å². The van der Waals surface area contributed by atoms with Gasteiger partial charge in [0.05, 0.1) is 7.11 Å². The summed E-state index contributed by atoms with van der Waals surface area (Å²) in [4.78, 5) is 25.3. The fraction of sp³-hybridized carbons (Fsp3) is 0.143. The Kier molecular flexibility index (Phi) is 7.00. The Morgan fingerprint density at radius 3 is 2.30 bits per heavy atom. The number of amides is 1. The Labute approximate surface area is 193 Å². The number of hydrogen-bond acceptors (Lipinski definition) is 4. The van der Waals surface area contributed by atoms with Crippen LogP contribution in [0.4, 0.5) is 0 Å². The molecule has 5 heteroatoms. The first kappa shape index (κ1) is 22.1. The number of methoxy groups -OCH3 is 1. The summed E-state index contributed by atoms with van der Waals surface area (Å²) in [5, 5.41) is 4.83. The third-order valence-corrected chi connectivity index (χ3v) is 5.39. The first-order chi connectivity index (χ1) is 16.1. The van der Waals surface area contributed by atoms with Gasteiger partial charge in [-0.15, -0.1) is 0 Å². The molecule has 0 spiro atoms. The molecule has 0 saturated heterocycles. The highest BCUT2D eigenvalue weighted by Gasteiger charge is 2.23. The van der Waals surface area contributed by atoms with Gasteiger partial charge in [-0.25, -0.2) is 4.79 Å². The van der Waals surface area contributed by atoms with Crippen molar-refractivity contribution in [1.82, 2.24) is 5.32 Å². The minimum Gasteiger partial charge on any atom is -0.489 e. The van der Waals surface area contributed by atoms with E-state index in [4.69, 9.17) is 9.47 Å². The van der Waals surface area contributed by atoms with E-state index >= 15 is 0 Å². The highest BCUT2D eigenvalue weighted by atomic mass is 16.5. The summed E-state index contributed by atoms with van der Waals surface area (Å²) in [5.41, 5.74) is 2.41. The van der Waals surface area contributed by atoms with Crippen molar-refractivity contribution < 1.29 is 19.1 Å². The second-order valence-corrected chi connectivity index (χ2v) is 7.74. The highest BCUT2D eigenvalue weighted by Crippen LogP contribution is 2.18. The van der Waals surface area contributed by atoms with Crippen molar-refractivity contribution in [3.63, 3.8) is 0 Å². The molecule has 4 aromatic rings. The van der Waals surface area contributed by atoms with Crippen LogP contribution >= 0.6 is 0 Å². The average Bonchev–Trinajstić information content (AvgIpc) is 2.87. The zero-order valence-corrected chi connectivity index (χ0v) is 18.4. The number of carbonyl (C=O) groups is 2. The van der Waals surface area contributed by atoms with Crippen molar-refractivity contribution in [2.24, 2.45) is 0 Å². The number of carbonyl (C=O) groups excluding carboxylic acids is 2. The SMILES string of the molecule is COC(=O)[C@H](Cc1cccc(OCc2ccccc2)c1)NC(=O)c1ccc2ccccc2c1. The molecule has 1 amide bonds. The van der Waals surface area contributed by atoms with Crippen molar-refractivity contribution >= 4 is 22.6 Å². The number of rotatable bonds is 8. The van der Waals surface area contributed by atoms with Gasteiger partial charge in [0.1, 0.15) is 18.4 Å². The van der Waals surface area contributed by atoms with Gasteiger partial charge in [-0.05, 0) is 46.2 Å². The largest absolute Gasteiger partial charge is 0.489 e. The Bertz CT molecular complexity index is 1250. The summed E-state index contributed by atoms with van der Waals surface area (Å²) < 4.78 is 10.8. The number of esters is 1. The number of nitrogens with one attached hydrogen (secondary N) is 1. The van der Waals surface area contributed by atoms with Crippen LogP contribution in [0.1, 0.15) is 21.5 Å². The average molecular weight is 440 g/mol. The summed E-state index contributed by atoms with van der Waals surface area (Å²) in [6.07, 6.45) is 0.286. The standard InChI is InChI=1S/C28H25NO4/c1-32-28(31)26(29-27(30)24-15-14-22-11-5-6-12-23(22)18-24)17-21-10-7-13-25(16-21)33-19-20-8-3-2-4-9-20/h2-16,18,26H,17,19H2,1H3,(H,29,30)/t26-/m0/s1. The van der Waals surface area contributed by atoms with E-state index in [1.807, 2.05) is 91.0 Å². The quantitative estimate of drug-likeness (QED) is 0.395. The number of hydrogen-bond donors (Lipinski definition) is 1. The Balaban J connectivity index is 1.46. The fourth-order valence-electron chi connectivity index (χ4n) is 3.65. The Hall–Kier alpha value is -4.12. The molecular weight excluding hydrogens is 414 g/mol. The first-order valence-corrected chi connectivity index (χ1v) is 10.8. The second kappa shape index (κ2) is 10.5. The Morgan fingerprint density at radius 2 is 1.52 bits per heavy atom. The highest BCUT2D eigenvalue weighted by molar-refractivity contribution is 6.00. The van der Waals surface area contributed by atoms with E-state index in [-0.39, 0.29) is 12.3 Å². The molecule has 0 heterocycles. The monoisotopic (exact) mass is 439 g/mol. The van der Waals surface area contributed by atoms with E-state index in [0.29, 0.717) is 17.9 Å². The van der Waals surface area contributed by atoms with Crippen LogP contribution in [0.3, 0.4) is 0 Å². The van der Waals surface area contributed by atoms with E-state index in [2.05, 4.69) is 5.32 Å². The summed E-state index contributed by atoms with van der Waals surface area (Å²) in [6.45, 7) is 0.448. The predicted octanol–water partition coefficient (Wildman–Crippen LogP) is 4.93. The number of benzene rings is 4. The lowest BCUT2D eigenvalue weighted by atomic mass is 10.0. The van der Waals surface area contributed by atoms with Gasteiger partial charge in [0.25, 0.3) is 5.91 Å². The van der Waals surface area contributed by atoms with E-state index in [9.17, 15) is 9.59 Å². The molecule has 0 fully saturated rings. The van der Waals surface area contributed by atoms with Crippen molar-refractivity contribution in [2.45, 2.75) is 19.1 Å². The molecule has 33 heavy (non-hydrogen) atoms. The molecule has 166 valence electrons. The molecule has 0 unspecified atom stereocenters. The molecule has 4 aromatic carbocycles.